The summed E-state index contributed by atoms with van der Waals surface area (Å²) in [4.78, 5) is 42.1. The van der Waals surface area contributed by atoms with E-state index in [1.54, 1.807) is 11.1 Å². The minimum Gasteiger partial charge on any atom is -0.451 e. The Balaban J connectivity index is 1.70. The van der Waals surface area contributed by atoms with Gasteiger partial charge in [-0.3, -0.25) is 29.3 Å². The third kappa shape index (κ3) is 4.66. The highest BCUT2D eigenvalue weighted by Crippen LogP contribution is 2.29. The van der Waals surface area contributed by atoms with E-state index in [1.165, 1.54) is 36.8 Å². The Hall–Kier alpha value is -2.82. The van der Waals surface area contributed by atoms with E-state index in [9.17, 15) is 19.7 Å². The monoisotopic (exact) mass is 435 g/mol. The molecule has 0 aromatic carbocycles. The van der Waals surface area contributed by atoms with Gasteiger partial charge < -0.3 is 4.74 Å². The second-order valence-corrected chi connectivity index (χ2v) is 8.25. The molecule has 0 N–H and O–H groups in total. The Labute approximate surface area is 178 Å². The van der Waals surface area contributed by atoms with E-state index in [1.807, 2.05) is 5.38 Å². The van der Waals surface area contributed by atoms with Crippen LogP contribution in [0.25, 0.3) is 0 Å². The normalized spacial score (nSPS) is 15.6. The van der Waals surface area contributed by atoms with Crippen molar-refractivity contribution in [2.24, 2.45) is 0 Å². The highest BCUT2D eigenvalue weighted by Gasteiger charge is 2.33. The molecule has 1 aliphatic rings. The van der Waals surface area contributed by atoms with Crippen molar-refractivity contribution in [1.29, 1.82) is 0 Å². The maximum Gasteiger partial charge on any atom is 0.328 e. The molecule has 0 aliphatic heterocycles. The van der Waals surface area contributed by atoms with Crippen molar-refractivity contribution in [2.75, 3.05) is 4.90 Å². The van der Waals surface area contributed by atoms with Gasteiger partial charge in [-0.1, -0.05) is 19.3 Å². The Morgan fingerprint density at radius 1 is 1.37 bits per heavy atom. The average molecular weight is 436 g/mol. The van der Waals surface area contributed by atoms with Crippen molar-refractivity contribution in [3.63, 3.8) is 0 Å². The first kappa shape index (κ1) is 21.9. The minimum atomic E-state index is -1.00. The van der Waals surface area contributed by atoms with Crippen LogP contribution in [0, 0.1) is 24.0 Å². The molecule has 0 spiro atoms. The molecule has 1 atom stereocenters. The number of amides is 1. The van der Waals surface area contributed by atoms with Gasteiger partial charge in [-0.25, -0.2) is 4.98 Å². The van der Waals surface area contributed by atoms with Crippen LogP contribution in [0.15, 0.2) is 11.6 Å². The molecule has 10 nitrogen and oxygen atoms in total. The van der Waals surface area contributed by atoms with E-state index in [-0.39, 0.29) is 35.6 Å². The molecule has 0 saturated heterocycles. The van der Waals surface area contributed by atoms with E-state index < -0.39 is 17.0 Å². The van der Waals surface area contributed by atoms with E-state index in [0.29, 0.717) is 5.13 Å². The van der Waals surface area contributed by atoms with Crippen LogP contribution >= 0.6 is 11.3 Å². The van der Waals surface area contributed by atoms with Crippen LogP contribution in [0.5, 0.6) is 0 Å². The largest absolute Gasteiger partial charge is 0.451 e. The number of anilines is 1. The molecule has 0 radical (unpaired) electrons. The number of esters is 1. The quantitative estimate of drug-likeness (QED) is 0.372. The van der Waals surface area contributed by atoms with E-state index in [0.717, 1.165) is 32.1 Å². The van der Waals surface area contributed by atoms with Crippen molar-refractivity contribution >= 4 is 34.0 Å². The molecule has 3 rings (SSSR count). The fourth-order valence-corrected chi connectivity index (χ4v) is 4.53. The first-order valence-corrected chi connectivity index (χ1v) is 10.8. The van der Waals surface area contributed by atoms with Gasteiger partial charge in [-0.15, -0.1) is 11.3 Å². The van der Waals surface area contributed by atoms with Crippen LogP contribution in [-0.2, 0) is 20.9 Å². The van der Waals surface area contributed by atoms with E-state index in [4.69, 9.17) is 4.74 Å². The molecule has 162 valence electrons. The molecular weight excluding hydrogens is 410 g/mol. The number of nitro groups is 1. The number of hydrogen-bond acceptors (Lipinski definition) is 8. The number of aryl methyl sites for hydroxylation is 1. The second-order valence-electron chi connectivity index (χ2n) is 7.38. The lowest BCUT2D eigenvalue weighted by Crippen LogP contribution is -2.47. The highest BCUT2D eigenvalue weighted by atomic mass is 32.1. The van der Waals surface area contributed by atoms with Crippen LogP contribution in [0.2, 0.25) is 0 Å². The van der Waals surface area contributed by atoms with Gasteiger partial charge >= 0.3 is 11.7 Å². The van der Waals surface area contributed by atoms with Gasteiger partial charge in [-0.2, -0.15) is 5.10 Å². The van der Waals surface area contributed by atoms with Crippen molar-refractivity contribution in [3.05, 3.63) is 33.1 Å². The number of hydrogen-bond donors (Lipinski definition) is 0. The molecule has 1 saturated carbocycles. The predicted molar refractivity (Wildman–Crippen MR) is 110 cm³/mol. The van der Waals surface area contributed by atoms with E-state index in [2.05, 4.69) is 10.1 Å². The van der Waals surface area contributed by atoms with Crippen LogP contribution in [0.3, 0.4) is 0 Å². The van der Waals surface area contributed by atoms with Crippen molar-refractivity contribution in [2.45, 2.75) is 71.6 Å². The molecule has 1 unspecified atom stereocenters. The minimum absolute atomic E-state index is 0.0391. The highest BCUT2D eigenvalue weighted by molar-refractivity contribution is 7.13. The number of ether oxygens (including phenoxy) is 1. The van der Waals surface area contributed by atoms with Crippen molar-refractivity contribution in [1.82, 2.24) is 14.8 Å². The summed E-state index contributed by atoms with van der Waals surface area (Å²) >= 11 is 1.38. The molecule has 0 bridgehead atoms. The average Bonchev–Trinajstić information content (AvgIpc) is 3.31. The molecule has 30 heavy (non-hydrogen) atoms. The van der Waals surface area contributed by atoms with Gasteiger partial charge in [0.25, 0.3) is 5.91 Å². The van der Waals surface area contributed by atoms with Crippen LogP contribution < -0.4 is 4.90 Å². The van der Waals surface area contributed by atoms with E-state index >= 15 is 0 Å². The van der Waals surface area contributed by atoms with Gasteiger partial charge in [0.1, 0.15) is 17.9 Å². The molecule has 2 heterocycles. The molecular formula is C19H25N5O5S. The summed E-state index contributed by atoms with van der Waals surface area (Å²) in [5.74, 6) is -0.997. The number of nitrogens with zero attached hydrogens (tertiary/aromatic N) is 5. The van der Waals surface area contributed by atoms with Gasteiger partial charge in [0, 0.05) is 17.6 Å². The lowest BCUT2D eigenvalue weighted by atomic mass is 9.94. The van der Waals surface area contributed by atoms with Gasteiger partial charge in [0.2, 0.25) is 0 Å². The number of carbonyl (C=O) groups is 2. The SMILES string of the molecule is Cc1nn(CC(=O)OC(C)C(=O)N(c2nccs2)C2CCCCC2)c(C)c1[N+](=O)[O-]. The number of thiazole rings is 1. The third-order valence-corrected chi connectivity index (χ3v) is 6.03. The third-order valence-electron chi connectivity index (χ3n) is 5.26. The molecule has 1 aliphatic carbocycles. The molecule has 11 heteroatoms. The molecule has 2 aromatic heterocycles. The number of rotatable bonds is 7. The predicted octanol–water partition coefficient (Wildman–Crippen LogP) is 3.16. The summed E-state index contributed by atoms with van der Waals surface area (Å²) in [7, 11) is 0. The number of aromatic nitrogens is 3. The summed E-state index contributed by atoms with van der Waals surface area (Å²) < 4.78 is 6.60. The summed E-state index contributed by atoms with van der Waals surface area (Å²) in [6, 6.07) is 0.0391. The molecule has 1 amide bonds. The van der Waals surface area contributed by atoms with Crippen molar-refractivity contribution < 1.29 is 19.2 Å². The zero-order chi connectivity index (χ0) is 21.8. The fourth-order valence-electron chi connectivity index (χ4n) is 3.81. The maximum absolute atomic E-state index is 13.1. The summed E-state index contributed by atoms with van der Waals surface area (Å²) in [6.07, 6.45) is 5.67. The standard InChI is InChI=1S/C19H25N5O5S/c1-12-17(24(27)28)13(2)22(21-12)11-16(25)29-14(3)18(26)23(19-20-9-10-30-19)15-7-5-4-6-8-15/h9-10,14-15H,4-8,11H2,1-3H3. The molecule has 2 aromatic rings. The van der Waals surface area contributed by atoms with Crippen LogP contribution in [-0.4, -0.2) is 43.7 Å². The summed E-state index contributed by atoms with van der Waals surface area (Å²) in [5, 5.41) is 17.6. The van der Waals surface area contributed by atoms with Gasteiger partial charge in [0.05, 0.1) is 4.92 Å². The first-order valence-electron chi connectivity index (χ1n) is 9.90. The maximum atomic E-state index is 13.1. The zero-order valence-corrected chi connectivity index (χ0v) is 18.1. The summed E-state index contributed by atoms with van der Waals surface area (Å²) in [5.41, 5.74) is 0.362. The Morgan fingerprint density at radius 3 is 2.63 bits per heavy atom. The second kappa shape index (κ2) is 9.33. The number of carbonyl (C=O) groups excluding carboxylic acids is 2. The van der Waals surface area contributed by atoms with Gasteiger partial charge in [0.15, 0.2) is 11.2 Å². The first-order chi connectivity index (χ1) is 14.3. The smallest absolute Gasteiger partial charge is 0.328 e. The van der Waals surface area contributed by atoms with Crippen molar-refractivity contribution in [3.8, 4) is 0 Å². The van der Waals surface area contributed by atoms with Gasteiger partial charge in [-0.05, 0) is 33.6 Å². The van der Waals surface area contributed by atoms with Crippen LogP contribution in [0.4, 0.5) is 10.8 Å². The fraction of sp³-hybridized carbons (Fsp3) is 0.579. The topological polar surface area (TPSA) is 120 Å². The Kier molecular flexibility index (Phi) is 6.80. The lowest BCUT2D eigenvalue weighted by molar-refractivity contribution is -0.386. The molecule has 1 fully saturated rings. The summed E-state index contributed by atoms with van der Waals surface area (Å²) in [6.45, 7) is 4.26. The lowest BCUT2D eigenvalue weighted by Gasteiger charge is -2.33. The zero-order valence-electron chi connectivity index (χ0n) is 17.2. The Morgan fingerprint density at radius 2 is 2.07 bits per heavy atom. The Bertz CT molecular complexity index is 920. The van der Waals surface area contributed by atoms with Crippen LogP contribution in [0.1, 0.15) is 50.4 Å².